The van der Waals surface area contributed by atoms with E-state index in [1.165, 1.54) is 12.1 Å². The Balaban J connectivity index is 2.45. The number of methoxy groups -OCH3 is 2. The summed E-state index contributed by atoms with van der Waals surface area (Å²) >= 11 is 6.17. The SMILES string of the molecule is COCC(Cn1c(C(C)Cl)nc2cc(F)ccc21)OC. The third-order valence-electron chi connectivity index (χ3n) is 3.17. The van der Waals surface area contributed by atoms with E-state index in [1.807, 2.05) is 11.5 Å². The van der Waals surface area contributed by atoms with Gasteiger partial charge < -0.3 is 14.0 Å². The van der Waals surface area contributed by atoms with Gasteiger partial charge >= 0.3 is 0 Å². The van der Waals surface area contributed by atoms with Crippen molar-refractivity contribution in [3.63, 3.8) is 0 Å². The van der Waals surface area contributed by atoms with Gasteiger partial charge in [-0.2, -0.15) is 0 Å². The zero-order chi connectivity index (χ0) is 14.7. The minimum atomic E-state index is -0.309. The molecule has 0 aliphatic rings. The Morgan fingerprint density at radius 1 is 1.40 bits per heavy atom. The topological polar surface area (TPSA) is 36.3 Å². The summed E-state index contributed by atoms with van der Waals surface area (Å²) in [5.74, 6) is 0.390. The van der Waals surface area contributed by atoms with Crippen molar-refractivity contribution in [1.82, 2.24) is 9.55 Å². The Bertz CT molecular complexity index is 586. The average molecular weight is 301 g/mol. The second-order valence-corrected chi connectivity index (χ2v) is 5.30. The van der Waals surface area contributed by atoms with Crippen molar-refractivity contribution >= 4 is 22.6 Å². The first-order valence-corrected chi connectivity index (χ1v) is 6.82. The van der Waals surface area contributed by atoms with E-state index in [-0.39, 0.29) is 17.3 Å². The van der Waals surface area contributed by atoms with Crippen LogP contribution in [0.15, 0.2) is 18.2 Å². The lowest BCUT2D eigenvalue weighted by atomic mass is 10.3. The van der Waals surface area contributed by atoms with Gasteiger partial charge in [0.15, 0.2) is 0 Å². The second kappa shape index (κ2) is 6.52. The van der Waals surface area contributed by atoms with Gasteiger partial charge in [-0.25, -0.2) is 9.37 Å². The smallest absolute Gasteiger partial charge is 0.127 e. The van der Waals surface area contributed by atoms with Gasteiger partial charge in [-0.05, 0) is 19.1 Å². The third-order valence-corrected chi connectivity index (χ3v) is 3.36. The Morgan fingerprint density at radius 2 is 2.15 bits per heavy atom. The van der Waals surface area contributed by atoms with Gasteiger partial charge in [0.05, 0.1) is 35.7 Å². The number of imidazole rings is 1. The number of benzene rings is 1. The zero-order valence-corrected chi connectivity index (χ0v) is 12.5. The summed E-state index contributed by atoms with van der Waals surface area (Å²) in [7, 11) is 3.25. The van der Waals surface area contributed by atoms with Crippen LogP contribution in [-0.2, 0) is 16.0 Å². The molecule has 1 aromatic heterocycles. The van der Waals surface area contributed by atoms with E-state index in [0.29, 0.717) is 24.5 Å². The number of rotatable bonds is 6. The monoisotopic (exact) mass is 300 g/mol. The molecule has 0 bridgehead atoms. The third kappa shape index (κ3) is 3.11. The first-order chi connectivity index (χ1) is 9.56. The van der Waals surface area contributed by atoms with Gasteiger partial charge in [0.1, 0.15) is 11.6 Å². The minimum absolute atomic E-state index is 0.114. The van der Waals surface area contributed by atoms with E-state index < -0.39 is 0 Å². The number of aromatic nitrogens is 2. The summed E-state index contributed by atoms with van der Waals surface area (Å²) in [4.78, 5) is 4.42. The lowest BCUT2D eigenvalue weighted by molar-refractivity contribution is 0.0185. The fraction of sp³-hybridized carbons (Fsp3) is 0.500. The van der Waals surface area contributed by atoms with E-state index in [9.17, 15) is 4.39 Å². The summed E-state index contributed by atoms with van der Waals surface area (Å²) in [5, 5.41) is -0.273. The molecule has 0 amide bonds. The molecule has 0 aliphatic carbocycles. The highest BCUT2D eigenvalue weighted by atomic mass is 35.5. The number of hydrogen-bond acceptors (Lipinski definition) is 3. The molecular formula is C14H18ClFN2O2. The van der Waals surface area contributed by atoms with Gasteiger partial charge in [0.25, 0.3) is 0 Å². The highest BCUT2D eigenvalue weighted by Gasteiger charge is 2.18. The Morgan fingerprint density at radius 3 is 2.75 bits per heavy atom. The number of ether oxygens (including phenoxy) is 2. The summed E-state index contributed by atoms with van der Waals surface area (Å²) in [6.07, 6.45) is -0.114. The zero-order valence-electron chi connectivity index (χ0n) is 11.8. The van der Waals surface area contributed by atoms with Crippen LogP contribution in [0.5, 0.6) is 0 Å². The molecule has 0 aliphatic heterocycles. The highest BCUT2D eigenvalue weighted by Crippen LogP contribution is 2.25. The van der Waals surface area contributed by atoms with Crippen molar-refractivity contribution in [2.24, 2.45) is 0 Å². The highest BCUT2D eigenvalue weighted by molar-refractivity contribution is 6.20. The molecule has 20 heavy (non-hydrogen) atoms. The lowest BCUT2D eigenvalue weighted by Crippen LogP contribution is -2.24. The molecule has 0 fully saturated rings. The van der Waals surface area contributed by atoms with Crippen LogP contribution in [-0.4, -0.2) is 36.5 Å². The number of alkyl halides is 1. The molecule has 2 unspecified atom stereocenters. The molecule has 2 rings (SSSR count). The van der Waals surface area contributed by atoms with E-state index in [2.05, 4.69) is 4.98 Å². The summed E-state index contributed by atoms with van der Waals surface area (Å²) in [6, 6.07) is 4.54. The van der Waals surface area contributed by atoms with Gasteiger partial charge in [-0.3, -0.25) is 0 Å². The van der Waals surface area contributed by atoms with Crippen molar-refractivity contribution in [1.29, 1.82) is 0 Å². The number of halogens is 2. The maximum absolute atomic E-state index is 13.3. The van der Waals surface area contributed by atoms with Crippen LogP contribution in [0.2, 0.25) is 0 Å². The molecule has 2 aromatic rings. The Kier molecular flexibility index (Phi) is 4.96. The predicted octanol–water partition coefficient (Wildman–Crippen LogP) is 3.14. The standard InChI is InChI=1S/C14H18ClFN2O2/c1-9(15)14-17-12-6-10(16)4-5-13(12)18(14)7-11(20-3)8-19-2/h4-6,9,11H,7-8H2,1-3H3. The normalized spacial score (nSPS) is 14.7. The number of fused-ring (bicyclic) bond motifs is 1. The molecule has 0 radical (unpaired) electrons. The molecule has 1 heterocycles. The summed E-state index contributed by atoms with van der Waals surface area (Å²) in [6.45, 7) is 2.86. The van der Waals surface area contributed by atoms with E-state index in [0.717, 1.165) is 5.52 Å². The van der Waals surface area contributed by atoms with Crippen molar-refractivity contribution in [3.8, 4) is 0 Å². The predicted molar refractivity (Wildman–Crippen MR) is 76.6 cm³/mol. The van der Waals surface area contributed by atoms with Crippen LogP contribution in [0, 0.1) is 5.82 Å². The largest absolute Gasteiger partial charge is 0.382 e. The molecule has 0 saturated carbocycles. The van der Waals surface area contributed by atoms with Crippen molar-refractivity contribution in [3.05, 3.63) is 29.8 Å². The molecule has 110 valence electrons. The van der Waals surface area contributed by atoms with Gasteiger partial charge in [-0.15, -0.1) is 11.6 Å². The molecule has 4 nitrogen and oxygen atoms in total. The number of hydrogen-bond donors (Lipinski definition) is 0. The molecule has 0 N–H and O–H groups in total. The van der Waals surface area contributed by atoms with Crippen LogP contribution in [0.1, 0.15) is 18.1 Å². The lowest BCUT2D eigenvalue weighted by Gasteiger charge is -2.18. The quantitative estimate of drug-likeness (QED) is 0.769. The fourth-order valence-corrected chi connectivity index (χ4v) is 2.37. The van der Waals surface area contributed by atoms with E-state index in [1.54, 1.807) is 20.3 Å². The molecule has 2 atom stereocenters. The van der Waals surface area contributed by atoms with Crippen molar-refractivity contribution < 1.29 is 13.9 Å². The molecule has 1 aromatic carbocycles. The first kappa shape index (κ1) is 15.2. The second-order valence-electron chi connectivity index (χ2n) is 4.64. The minimum Gasteiger partial charge on any atom is -0.382 e. The van der Waals surface area contributed by atoms with Gasteiger partial charge in [0.2, 0.25) is 0 Å². The molecule has 0 saturated heterocycles. The average Bonchev–Trinajstić information content (AvgIpc) is 2.76. The maximum Gasteiger partial charge on any atom is 0.127 e. The molecular weight excluding hydrogens is 283 g/mol. The Labute approximate surface area is 122 Å². The molecule has 0 spiro atoms. The van der Waals surface area contributed by atoms with Crippen LogP contribution < -0.4 is 0 Å². The summed E-state index contributed by atoms with van der Waals surface area (Å²) in [5.41, 5.74) is 1.44. The van der Waals surface area contributed by atoms with Gasteiger partial charge in [0, 0.05) is 20.3 Å². The number of nitrogens with zero attached hydrogens (tertiary/aromatic N) is 2. The Hall–Kier alpha value is -1.17. The van der Waals surface area contributed by atoms with Crippen molar-refractivity contribution in [2.45, 2.75) is 24.9 Å². The molecule has 6 heteroatoms. The summed E-state index contributed by atoms with van der Waals surface area (Å²) < 4.78 is 25.8. The van der Waals surface area contributed by atoms with Gasteiger partial charge in [-0.1, -0.05) is 0 Å². The first-order valence-electron chi connectivity index (χ1n) is 6.38. The van der Waals surface area contributed by atoms with Crippen LogP contribution in [0.4, 0.5) is 4.39 Å². The van der Waals surface area contributed by atoms with E-state index in [4.69, 9.17) is 21.1 Å². The van der Waals surface area contributed by atoms with Crippen molar-refractivity contribution in [2.75, 3.05) is 20.8 Å². The van der Waals surface area contributed by atoms with Crippen LogP contribution >= 0.6 is 11.6 Å². The van der Waals surface area contributed by atoms with Crippen LogP contribution in [0.3, 0.4) is 0 Å². The van der Waals surface area contributed by atoms with Crippen LogP contribution in [0.25, 0.3) is 11.0 Å². The van der Waals surface area contributed by atoms with E-state index >= 15 is 0 Å². The maximum atomic E-state index is 13.3. The fourth-order valence-electron chi connectivity index (χ4n) is 2.20.